The molecule has 4 aromatic rings. The van der Waals surface area contributed by atoms with Gasteiger partial charge in [-0.15, -0.1) is 5.10 Å². The van der Waals surface area contributed by atoms with Crippen LogP contribution in [0.4, 0.5) is 11.6 Å². The molecular weight excluding hydrogens is 456 g/mol. The van der Waals surface area contributed by atoms with Crippen molar-refractivity contribution in [2.45, 2.75) is 6.54 Å². The van der Waals surface area contributed by atoms with Crippen molar-refractivity contribution < 1.29 is 13.2 Å². The number of hydrogen-bond acceptors (Lipinski definition) is 9. The van der Waals surface area contributed by atoms with E-state index in [1.807, 2.05) is 0 Å². The molecule has 0 saturated heterocycles. The minimum atomic E-state index is -3.43. The number of nitrogens with one attached hydrogen (secondary N) is 1. The van der Waals surface area contributed by atoms with Gasteiger partial charge in [-0.05, 0) is 29.8 Å². The lowest BCUT2D eigenvalue weighted by Crippen LogP contribution is -2.12. The average molecular weight is 477 g/mol. The van der Waals surface area contributed by atoms with Crippen LogP contribution in [-0.2, 0) is 16.6 Å². The van der Waals surface area contributed by atoms with Gasteiger partial charge in [0.1, 0.15) is 17.5 Å². The molecule has 172 valence electrons. The zero-order valence-corrected chi connectivity index (χ0v) is 19.1. The lowest BCUT2D eigenvalue weighted by atomic mass is 10.1. The standard InChI is InChI=1S/C22H20N8O3S/c1-33-21-14(11-23)7-5-8-16(21)18-10-19(26-22(24)25-18)20-13-30(29-27-20)12-15-6-3-4-9-17(15)28-34(2,31)32/h3-10,13,28H,12H2,1-2H3,(H2,24,25,26). The molecule has 0 spiro atoms. The van der Waals surface area contributed by atoms with Crippen LogP contribution in [0.5, 0.6) is 5.75 Å². The first kappa shape index (κ1) is 22.7. The Balaban J connectivity index is 1.68. The van der Waals surface area contributed by atoms with Gasteiger partial charge in [0.05, 0.1) is 48.7 Å². The van der Waals surface area contributed by atoms with E-state index in [9.17, 15) is 13.7 Å². The molecule has 0 fully saturated rings. The number of nitrogen functional groups attached to an aromatic ring is 1. The molecule has 0 bridgehead atoms. The van der Waals surface area contributed by atoms with Crippen LogP contribution in [0.15, 0.2) is 54.7 Å². The number of nitrogens with zero attached hydrogens (tertiary/aromatic N) is 6. The van der Waals surface area contributed by atoms with Gasteiger partial charge in [0.25, 0.3) is 0 Å². The van der Waals surface area contributed by atoms with E-state index in [1.54, 1.807) is 59.4 Å². The number of nitrogens with two attached hydrogens (primary N) is 1. The molecule has 4 rings (SSSR count). The second-order valence-electron chi connectivity index (χ2n) is 7.33. The van der Waals surface area contributed by atoms with Crippen molar-refractivity contribution in [2.75, 3.05) is 23.8 Å². The number of aromatic nitrogens is 5. The largest absolute Gasteiger partial charge is 0.495 e. The first-order valence-corrected chi connectivity index (χ1v) is 11.8. The first-order chi connectivity index (χ1) is 16.3. The number of methoxy groups -OCH3 is 1. The number of benzene rings is 2. The number of para-hydroxylation sites is 2. The smallest absolute Gasteiger partial charge is 0.229 e. The lowest BCUT2D eigenvalue weighted by molar-refractivity contribution is 0.415. The summed E-state index contributed by atoms with van der Waals surface area (Å²) >= 11 is 0. The summed E-state index contributed by atoms with van der Waals surface area (Å²) in [6.45, 7) is 0.275. The second-order valence-corrected chi connectivity index (χ2v) is 9.08. The molecule has 0 aliphatic rings. The maximum Gasteiger partial charge on any atom is 0.229 e. The number of sulfonamides is 1. The zero-order valence-electron chi connectivity index (χ0n) is 18.3. The van der Waals surface area contributed by atoms with Crippen LogP contribution in [0.2, 0.25) is 0 Å². The van der Waals surface area contributed by atoms with Crippen molar-refractivity contribution in [3.8, 4) is 34.5 Å². The highest BCUT2D eigenvalue weighted by atomic mass is 32.2. The topological polar surface area (TPSA) is 162 Å². The second kappa shape index (κ2) is 9.16. The minimum absolute atomic E-state index is 0.0224. The van der Waals surface area contributed by atoms with Crippen LogP contribution >= 0.6 is 0 Å². The van der Waals surface area contributed by atoms with Crippen molar-refractivity contribution >= 4 is 21.7 Å². The summed E-state index contributed by atoms with van der Waals surface area (Å²) in [4.78, 5) is 8.56. The fraction of sp³-hybridized carbons (Fsp3) is 0.136. The fourth-order valence-corrected chi connectivity index (χ4v) is 4.01. The molecule has 2 aromatic heterocycles. The summed E-state index contributed by atoms with van der Waals surface area (Å²) in [7, 11) is -1.95. The van der Waals surface area contributed by atoms with Gasteiger partial charge in [0, 0.05) is 5.56 Å². The highest BCUT2D eigenvalue weighted by molar-refractivity contribution is 7.92. The molecule has 0 aliphatic carbocycles. The lowest BCUT2D eigenvalue weighted by Gasteiger charge is -2.10. The molecule has 0 radical (unpaired) electrons. The highest BCUT2D eigenvalue weighted by Crippen LogP contribution is 2.33. The monoisotopic (exact) mass is 476 g/mol. The Morgan fingerprint density at radius 1 is 1.12 bits per heavy atom. The molecule has 12 heteroatoms. The summed E-state index contributed by atoms with van der Waals surface area (Å²) in [5.41, 5.74) is 9.42. The van der Waals surface area contributed by atoms with E-state index in [0.717, 1.165) is 6.26 Å². The normalized spacial score (nSPS) is 11.1. The zero-order chi connectivity index (χ0) is 24.3. The van der Waals surface area contributed by atoms with E-state index in [-0.39, 0.29) is 12.5 Å². The molecule has 0 amide bonds. The van der Waals surface area contributed by atoms with Gasteiger partial charge >= 0.3 is 0 Å². The van der Waals surface area contributed by atoms with Gasteiger partial charge < -0.3 is 10.5 Å². The molecule has 2 aromatic carbocycles. The Morgan fingerprint density at radius 3 is 2.62 bits per heavy atom. The number of ether oxygens (including phenoxy) is 1. The Labute approximate surface area is 195 Å². The molecule has 3 N–H and O–H groups in total. The van der Waals surface area contributed by atoms with Crippen LogP contribution in [0.1, 0.15) is 11.1 Å². The van der Waals surface area contributed by atoms with Crippen LogP contribution in [-0.4, -0.2) is 46.7 Å². The van der Waals surface area contributed by atoms with E-state index in [1.165, 1.54) is 7.11 Å². The van der Waals surface area contributed by atoms with Crippen LogP contribution < -0.4 is 15.2 Å². The Bertz CT molecular complexity index is 1510. The van der Waals surface area contributed by atoms with Crippen LogP contribution in [0.25, 0.3) is 22.6 Å². The Morgan fingerprint density at radius 2 is 1.88 bits per heavy atom. The van der Waals surface area contributed by atoms with Crippen molar-refractivity contribution in [2.24, 2.45) is 0 Å². The third-order valence-electron chi connectivity index (χ3n) is 4.81. The van der Waals surface area contributed by atoms with Gasteiger partial charge in [-0.2, -0.15) is 5.26 Å². The van der Waals surface area contributed by atoms with Gasteiger partial charge in [-0.25, -0.2) is 23.1 Å². The summed E-state index contributed by atoms with van der Waals surface area (Å²) in [5, 5.41) is 17.7. The summed E-state index contributed by atoms with van der Waals surface area (Å²) in [6.07, 6.45) is 2.77. The van der Waals surface area contributed by atoms with Crippen LogP contribution in [0.3, 0.4) is 0 Å². The predicted molar refractivity (Wildman–Crippen MR) is 126 cm³/mol. The number of hydrogen-bond donors (Lipinski definition) is 2. The minimum Gasteiger partial charge on any atom is -0.495 e. The summed E-state index contributed by atoms with van der Waals surface area (Å²) < 4.78 is 32.8. The third kappa shape index (κ3) is 4.94. The third-order valence-corrected chi connectivity index (χ3v) is 5.40. The SMILES string of the molecule is COc1c(C#N)cccc1-c1cc(-c2cn(Cc3ccccc3NS(C)(=O)=O)nn2)nc(N)n1. The van der Waals surface area contributed by atoms with Crippen molar-refractivity contribution in [1.82, 2.24) is 25.0 Å². The van der Waals surface area contributed by atoms with E-state index in [4.69, 9.17) is 10.5 Å². The molecule has 34 heavy (non-hydrogen) atoms. The first-order valence-electron chi connectivity index (χ1n) is 9.95. The fourth-order valence-electron chi connectivity index (χ4n) is 3.41. The predicted octanol–water partition coefficient (Wildman–Crippen LogP) is 2.28. The van der Waals surface area contributed by atoms with Gasteiger partial charge in [-0.3, -0.25) is 4.72 Å². The molecule has 0 unspecified atom stereocenters. The molecule has 0 saturated carbocycles. The summed E-state index contributed by atoms with van der Waals surface area (Å²) in [5.74, 6) is 0.404. The quantitative estimate of drug-likeness (QED) is 0.407. The summed E-state index contributed by atoms with van der Waals surface area (Å²) in [6, 6.07) is 15.9. The van der Waals surface area contributed by atoms with Crippen molar-refractivity contribution in [3.63, 3.8) is 0 Å². The van der Waals surface area contributed by atoms with Crippen molar-refractivity contribution in [3.05, 3.63) is 65.9 Å². The van der Waals surface area contributed by atoms with E-state index in [0.29, 0.717) is 45.2 Å². The molecule has 0 aliphatic heterocycles. The maximum atomic E-state index is 11.7. The number of nitriles is 1. The molecule has 2 heterocycles. The number of anilines is 2. The molecule has 11 nitrogen and oxygen atoms in total. The van der Waals surface area contributed by atoms with Gasteiger partial charge in [-0.1, -0.05) is 29.5 Å². The van der Waals surface area contributed by atoms with E-state index < -0.39 is 10.0 Å². The van der Waals surface area contributed by atoms with E-state index >= 15 is 0 Å². The molecule has 0 atom stereocenters. The Kier molecular flexibility index (Phi) is 6.11. The highest BCUT2D eigenvalue weighted by Gasteiger charge is 2.16. The van der Waals surface area contributed by atoms with Gasteiger partial charge in [0.15, 0.2) is 0 Å². The average Bonchev–Trinajstić information content (AvgIpc) is 3.27. The van der Waals surface area contributed by atoms with Crippen molar-refractivity contribution in [1.29, 1.82) is 5.26 Å². The molecular formula is C22H20N8O3S. The van der Waals surface area contributed by atoms with E-state index in [2.05, 4.69) is 31.1 Å². The van der Waals surface area contributed by atoms with Crippen LogP contribution in [0, 0.1) is 11.3 Å². The number of rotatable bonds is 7. The Hall–Kier alpha value is -4.50. The van der Waals surface area contributed by atoms with Gasteiger partial charge in [0.2, 0.25) is 16.0 Å². The maximum absolute atomic E-state index is 11.7.